The molecule has 7 N–H and O–H groups in total. The van der Waals surface area contributed by atoms with E-state index in [1.807, 2.05) is 30.3 Å². The zero-order valence-electron chi connectivity index (χ0n) is 18.4. The fraction of sp³-hybridized carbons (Fsp3) is 0.571. The topological polar surface area (TPSA) is 185 Å². The number of ether oxygens (including phenoxy) is 4. The van der Waals surface area contributed by atoms with Crippen molar-refractivity contribution in [1.29, 1.82) is 5.41 Å². The molecule has 0 aliphatic carbocycles. The summed E-state index contributed by atoms with van der Waals surface area (Å²) in [5.41, 5.74) is 6.14. The van der Waals surface area contributed by atoms with Gasteiger partial charge in [-0.15, -0.1) is 0 Å². The highest BCUT2D eigenvalue weighted by Crippen LogP contribution is 2.25. The fourth-order valence-electron chi connectivity index (χ4n) is 3.32. The smallest absolute Gasteiger partial charge is 0.329 e. The number of hydrogen-bond donors (Lipinski definition) is 6. The van der Waals surface area contributed by atoms with E-state index in [1.165, 1.54) is 0 Å². The van der Waals surface area contributed by atoms with E-state index in [9.17, 15) is 14.7 Å². The molecule has 2 rings (SSSR count). The van der Waals surface area contributed by atoms with Crippen LogP contribution >= 0.6 is 0 Å². The molecule has 12 nitrogen and oxygen atoms in total. The number of aliphatic hydroxyl groups excluding tert-OH is 1. The van der Waals surface area contributed by atoms with Crippen LogP contribution in [-0.4, -0.2) is 85.1 Å². The first-order chi connectivity index (χ1) is 15.8. The number of carbonyl (C=O) groups excluding carboxylic acids is 1. The average molecular weight is 469 g/mol. The van der Waals surface area contributed by atoms with Crippen molar-refractivity contribution < 1.29 is 38.7 Å². The van der Waals surface area contributed by atoms with Crippen molar-refractivity contribution in [1.82, 2.24) is 10.6 Å². The lowest BCUT2D eigenvalue weighted by Gasteiger charge is -2.44. The van der Waals surface area contributed by atoms with Crippen LogP contribution < -0.4 is 16.4 Å². The maximum absolute atomic E-state index is 12.4. The van der Waals surface area contributed by atoms with Crippen LogP contribution in [0.3, 0.4) is 0 Å². The summed E-state index contributed by atoms with van der Waals surface area (Å²) in [7, 11) is 0. The third-order valence-electron chi connectivity index (χ3n) is 4.79. The van der Waals surface area contributed by atoms with Crippen LogP contribution in [0.15, 0.2) is 30.3 Å². The molecule has 0 spiro atoms. The van der Waals surface area contributed by atoms with E-state index in [0.29, 0.717) is 0 Å². The number of aliphatic hydroxyl groups is 1. The summed E-state index contributed by atoms with van der Waals surface area (Å²) < 4.78 is 22.6. The molecule has 5 atom stereocenters. The van der Waals surface area contributed by atoms with Gasteiger partial charge in [0.25, 0.3) is 0 Å². The lowest BCUT2D eigenvalue weighted by atomic mass is 9.96. The Balaban J connectivity index is 2.07. The number of rotatable bonds is 13. The minimum Gasteiger partial charge on any atom is -0.480 e. The first-order valence-corrected chi connectivity index (χ1v) is 10.6. The molecule has 1 aromatic rings. The van der Waals surface area contributed by atoms with Gasteiger partial charge >= 0.3 is 5.97 Å². The zero-order valence-corrected chi connectivity index (χ0v) is 18.4. The molecule has 0 aromatic heterocycles. The van der Waals surface area contributed by atoms with Crippen molar-refractivity contribution >= 4 is 17.8 Å². The molecule has 33 heavy (non-hydrogen) atoms. The van der Waals surface area contributed by atoms with Gasteiger partial charge in [-0.2, -0.15) is 0 Å². The maximum Gasteiger partial charge on any atom is 0.329 e. The summed E-state index contributed by atoms with van der Waals surface area (Å²) in [6.07, 6.45) is -4.33. The van der Waals surface area contributed by atoms with Gasteiger partial charge in [0.1, 0.15) is 31.0 Å². The highest BCUT2D eigenvalue weighted by Gasteiger charge is 2.47. The first-order valence-electron chi connectivity index (χ1n) is 10.6. The van der Waals surface area contributed by atoms with E-state index in [2.05, 4.69) is 10.6 Å². The van der Waals surface area contributed by atoms with Crippen LogP contribution in [0.5, 0.6) is 0 Å². The van der Waals surface area contributed by atoms with E-state index in [1.54, 1.807) is 6.92 Å². The summed E-state index contributed by atoms with van der Waals surface area (Å²) in [5, 5.41) is 32.2. The molecule has 1 amide bonds. The third kappa shape index (κ3) is 8.94. The van der Waals surface area contributed by atoms with Gasteiger partial charge in [0, 0.05) is 19.6 Å². The summed E-state index contributed by atoms with van der Waals surface area (Å²) in [4.78, 5) is 23.5. The molecular formula is C21H32N4O8. The van der Waals surface area contributed by atoms with Crippen LogP contribution in [0.1, 0.15) is 18.9 Å². The van der Waals surface area contributed by atoms with Crippen LogP contribution in [0.25, 0.3) is 0 Å². The van der Waals surface area contributed by atoms with E-state index in [4.69, 9.17) is 35.2 Å². The Morgan fingerprint density at radius 3 is 2.61 bits per heavy atom. The lowest BCUT2D eigenvalue weighted by Crippen LogP contribution is -2.66. The van der Waals surface area contributed by atoms with E-state index in [-0.39, 0.29) is 38.7 Å². The summed E-state index contributed by atoms with van der Waals surface area (Å²) in [6, 6.07) is 8.46. The molecule has 1 saturated heterocycles. The number of carbonyl (C=O) groups is 2. The molecule has 12 heteroatoms. The Kier molecular flexibility index (Phi) is 11.0. The monoisotopic (exact) mass is 468 g/mol. The minimum absolute atomic E-state index is 0.00420. The Hall–Kier alpha value is -2.77. The molecule has 0 radical (unpaired) electrons. The Labute approximate surface area is 191 Å². The number of aliphatic carboxylic acids is 1. The van der Waals surface area contributed by atoms with E-state index < -0.39 is 49.1 Å². The van der Waals surface area contributed by atoms with Crippen molar-refractivity contribution in [2.45, 2.75) is 50.6 Å². The quantitative estimate of drug-likeness (QED) is 0.157. The van der Waals surface area contributed by atoms with Crippen molar-refractivity contribution in [2.75, 3.05) is 26.4 Å². The van der Waals surface area contributed by atoms with Gasteiger partial charge in [0.05, 0.1) is 13.2 Å². The molecule has 1 aromatic carbocycles. The maximum atomic E-state index is 12.4. The number of carboxylic acids is 1. The summed E-state index contributed by atoms with van der Waals surface area (Å²) in [5.74, 6) is -1.95. The predicted molar refractivity (Wildman–Crippen MR) is 116 cm³/mol. The number of guanidine groups is 1. The van der Waals surface area contributed by atoms with Gasteiger partial charge in [-0.1, -0.05) is 30.3 Å². The molecule has 1 unspecified atom stereocenters. The predicted octanol–water partition coefficient (Wildman–Crippen LogP) is -0.847. The Morgan fingerprint density at radius 2 is 1.97 bits per heavy atom. The summed E-state index contributed by atoms with van der Waals surface area (Å²) in [6.45, 7) is 1.69. The molecule has 0 bridgehead atoms. The Morgan fingerprint density at radius 1 is 1.24 bits per heavy atom. The van der Waals surface area contributed by atoms with Crippen molar-refractivity contribution in [3.8, 4) is 0 Å². The van der Waals surface area contributed by atoms with Gasteiger partial charge in [-0.25, -0.2) is 4.79 Å². The second-order valence-electron chi connectivity index (χ2n) is 7.34. The van der Waals surface area contributed by atoms with Crippen LogP contribution in [0, 0.1) is 5.41 Å². The van der Waals surface area contributed by atoms with Crippen LogP contribution in [0.4, 0.5) is 0 Å². The minimum atomic E-state index is -1.29. The lowest BCUT2D eigenvalue weighted by molar-refractivity contribution is -0.278. The van der Waals surface area contributed by atoms with Gasteiger partial charge in [-0.05, 0) is 12.5 Å². The molecule has 184 valence electrons. The largest absolute Gasteiger partial charge is 0.480 e. The van der Waals surface area contributed by atoms with E-state index in [0.717, 1.165) is 5.56 Å². The van der Waals surface area contributed by atoms with Gasteiger partial charge in [0.2, 0.25) is 5.91 Å². The van der Waals surface area contributed by atoms with Gasteiger partial charge < -0.3 is 45.5 Å². The second kappa shape index (κ2) is 13.7. The second-order valence-corrected chi connectivity index (χ2v) is 7.34. The Bertz CT molecular complexity index is 766. The number of carboxylic acid groups (broad SMARTS) is 1. The highest BCUT2D eigenvalue weighted by molar-refractivity contribution is 5.78. The number of nitrogens with two attached hydrogens (primary N) is 1. The van der Waals surface area contributed by atoms with Crippen molar-refractivity contribution in [3.63, 3.8) is 0 Å². The number of nitrogens with one attached hydrogen (secondary N) is 3. The van der Waals surface area contributed by atoms with Gasteiger partial charge in [-0.3, -0.25) is 10.2 Å². The first kappa shape index (κ1) is 26.5. The molecule has 1 aliphatic heterocycles. The highest BCUT2D eigenvalue weighted by atomic mass is 16.7. The molecule has 1 aliphatic rings. The molecular weight excluding hydrogens is 436 g/mol. The van der Waals surface area contributed by atoms with Crippen LogP contribution in [0.2, 0.25) is 0 Å². The average Bonchev–Trinajstić information content (AvgIpc) is 2.76. The van der Waals surface area contributed by atoms with E-state index >= 15 is 0 Å². The number of hydrogen-bond acceptors (Lipinski definition) is 8. The van der Waals surface area contributed by atoms with Crippen molar-refractivity contribution in [2.24, 2.45) is 5.73 Å². The third-order valence-corrected chi connectivity index (χ3v) is 4.79. The fourth-order valence-corrected chi connectivity index (χ4v) is 3.32. The molecule has 1 fully saturated rings. The zero-order chi connectivity index (χ0) is 24.2. The standard InChI is InChI=1S/C21H32N4O8/c1-2-31-20-17(25-15(26)8-9-24-21(22)23)19(32-12-16(27)28)18(29)14(33-20)11-30-10-13-6-4-3-5-7-13/h3-7,14,17-20,29H,2,8-12H2,1H3,(H,25,26)(H,27,28)(H4,22,23,24)/t14-,17?,18-,19-,20-/m1/s1. The van der Waals surface area contributed by atoms with Crippen LogP contribution in [-0.2, 0) is 35.1 Å². The normalized spacial score (nSPS) is 24.7. The van der Waals surface area contributed by atoms with Crippen molar-refractivity contribution in [3.05, 3.63) is 35.9 Å². The SMILES string of the molecule is CCO[C@@H]1O[C@H](COCc2ccccc2)[C@@H](O)[C@H](OCC(=O)O)C1NC(=O)CCNC(=N)N. The summed E-state index contributed by atoms with van der Waals surface area (Å²) >= 11 is 0. The van der Waals surface area contributed by atoms with Gasteiger partial charge in [0.15, 0.2) is 12.2 Å². The number of amides is 1. The number of benzene rings is 1. The molecule has 0 saturated carbocycles. The molecule has 1 heterocycles.